The second kappa shape index (κ2) is 11.1. The molecule has 1 heterocycles. The fraction of sp³-hybridized carbons (Fsp3) is 0.250. The second-order valence-electron chi connectivity index (χ2n) is 7.64. The van der Waals surface area contributed by atoms with Crippen LogP contribution in [0.15, 0.2) is 47.4 Å². The van der Waals surface area contributed by atoms with Gasteiger partial charge in [-0.15, -0.1) is 0 Å². The summed E-state index contributed by atoms with van der Waals surface area (Å²) in [5, 5.41) is 21.3. The zero-order valence-electron chi connectivity index (χ0n) is 18.0. The van der Waals surface area contributed by atoms with Crippen LogP contribution in [0.3, 0.4) is 0 Å². The maximum Gasteiger partial charge on any atom is 0.339 e. The minimum Gasteiger partial charge on any atom is -0.507 e. The fourth-order valence-corrected chi connectivity index (χ4v) is 4.56. The van der Waals surface area contributed by atoms with E-state index in [1.807, 2.05) is 37.3 Å². The van der Waals surface area contributed by atoms with Crippen molar-refractivity contribution >= 4 is 57.8 Å². The zero-order valence-corrected chi connectivity index (χ0v) is 19.7. The summed E-state index contributed by atoms with van der Waals surface area (Å²) in [6.07, 6.45) is 4.20. The first kappa shape index (κ1) is 24.5. The lowest BCUT2D eigenvalue weighted by molar-refractivity contribution is -0.122. The lowest BCUT2D eigenvalue weighted by Gasteiger charge is -2.14. The first-order chi connectivity index (χ1) is 15.7. The molecular weight excluding hydrogens is 460 g/mol. The molecule has 2 aromatic rings. The Hall–Kier alpha value is -3.17. The van der Waals surface area contributed by atoms with Gasteiger partial charge in [0.05, 0.1) is 4.91 Å². The van der Waals surface area contributed by atoms with Crippen molar-refractivity contribution in [2.24, 2.45) is 0 Å². The Labute approximate surface area is 201 Å². The Bertz CT molecular complexity index is 1110. The summed E-state index contributed by atoms with van der Waals surface area (Å²) < 4.78 is 0.542. The number of hydrogen-bond donors (Lipinski definition) is 3. The van der Waals surface area contributed by atoms with Crippen LogP contribution in [-0.4, -0.2) is 43.8 Å². The number of aromatic hydroxyl groups is 1. The van der Waals surface area contributed by atoms with Crippen molar-refractivity contribution in [1.29, 1.82) is 0 Å². The number of thioether (sulfide) groups is 1. The molecule has 0 bridgehead atoms. The number of rotatable bonds is 9. The van der Waals surface area contributed by atoms with E-state index < -0.39 is 11.7 Å². The molecule has 1 aliphatic heterocycles. The minimum atomic E-state index is -1.24. The van der Waals surface area contributed by atoms with Crippen LogP contribution >= 0.6 is 24.0 Å². The Morgan fingerprint density at radius 1 is 1.12 bits per heavy atom. The minimum absolute atomic E-state index is 0.0899. The average Bonchev–Trinajstić information content (AvgIpc) is 3.02. The fourth-order valence-electron chi connectivity index (χ4n) is 3.25. The normalized spacial score (nSPS) is 14.7. The molecule has 33 heavy (non-hydrogen) atoms. The molecule has 1 aliphatic rings. The summed E-state index contributed by atoms with van der Waals surface area (Å²) in [6, 6.07) is 11.8. The van der Waals surface area contributed by atoms with Gasteiger partial charge in [-0.3, -0.25) is 14.5 Å². The van der Waals surface area contributed by atoms with E-state index in [0.717, 1.165) is 17.5 Å². The Balaban J connectivity index is 1.41. The summed E-state index contributed by atoms with van der Waals surface area (Å²) in [6.45, 7) is 2.51. The van der Waals surface area contributed by atoms with Crippen LogP contribution in [0.5, 0.6) is 5.75 Å². The molecule has 172 valence electrons. The molecule has 0 spiro atoms. The highest BCUT2D eigenvalue weighted by Gasteiger charge is 2.31. The zero-order chi connectivity index (χ0) is 24.0. The molecule has 0 saturated carbocycles. The van der Waals surface area contributed by atoms with Crippen molar-refractivity contribution in [2.75, 3.05) is 11.9 Å². The number of aryl methyl sites for hydroxylation is 1. The lowest BCUT2D eigenvalue weighted by atomic mass is 10.1. The molecule has 7 nitrogen and oxygen atoms in total. The molecular formula is C24H24N2O5S2. The van der Waals surface area contributed by atoms with E-state index >= 15 is 0 Å². The average molecular weight is 485 g/mol. The molecule has 0 radical (unpaired) electrons. The van der Waals surface area contributed by atoms with Gasteiger partial charge in [-0.25, -0.2) is 4.79 Å². The number of carbonyl (C=O) groups excluding carboxylic acids is 2. The summed E-state index contributed by atoms with van der Waals surface area (Å²) in [7, 11) is 0. The van der Waals surface area contributed by atoms with Crippen molar-refractivity contribution < 1.29 is 24.6 Å². The number of carboxylic acids is 1. The van der Waals surface area contributed by atoms with E-state index in [-0.39, 0.29) is 23.8 Å². The van der Waals surface area contributed by atoms with Gasteiger partial charge in [0, 0.05) is 24.7 Å². The van der Waals surface area contributed by atoms with Crippen molar-refractivity contribution in [3.63, 3.8) is 0 Å². The molecule has 3 rings (SSSR count). The second-order valence-corrected chi connectivity index (χ2v) is 9.32. The molecule has 9 heteroatoms. The summed E-state index contributed by atoms with van der Waals surface area (Å²) >= 11 is 6.67. The van der Waals surface area contributed by atoms with Gasteiger partial charge in [-0.1, -0.05) is 60.2 Å². The largest absolute Gasteiger partial charge is 0.507 e. The SMILES string of the molecule is Cc1ccc(C=C2SC(=S)N(CCCCCC(=O)Nc3ccc(C(=O)O)c(O)c3)C2=O)cc1. The van der Waals surface area contributed by atoms with Crippen molar-refractivity contribution in [1.82, 2.24) is 4.90 Å². The highest BCUT2D eigenvalue weighted by molar-refractivity contribution is 8.26. The van der Waals surface area contributed by atoms with Crippen LogP contribution in [0.1, 0.15) is 47.2 Å². The summed E-state index contributed by atoms with van der Waals surface area (Å²) in [4.78, 5) is 37.9. The molecule has 0 aromatic heterocycles. The van der Waals surface area contributed by atoms with Crippen LogP contribution < -0.4 is 5.32 Å². The molecule has 1 saturated heterocycles. The van der Waals surface area contributed by atoms with Gasteiger partial charge in [-0.2, -0.15) is 0 Å². The van der Waals surface area contributed by atoms with Gasteiger partial charge in [0.1, 0.15) is 15.6 Å². The van der Waals surface area contributed by atoms with Crippen LogP contribution in [0.4, 0.5) is 5.69 Å². The van der Waals surface area contributed by atoms with Crippen molar-refractivity contribution in [2.45, 2.75) is 32.6 Å². The number of nitrogens with one attached hydrogen (secondary N) is 1. The molecule has 2 amide bonds. The number of carbonyl (C=O) groups is 3. The van der Waals surface area contributed by atoms with Crippen molar-refractivity contribution in [3.8, 4) is 5.75 Å². The smallest absolute Gasteiger partial charge is 0.339 e. The molecule has 1 fully saturated rings. The molecule has 0 atom stereocenters. The first-order valence-corrected chi connectivity index (χ1v) is 11.7. The standard InChI is InChI=1S/C24H24N2O5S2/c1-15-6-8-16(9-7-15)13-20-22(29)26(24(32)33-20)12-4-2-3-5-21(28)25-17-10-11-18(23(30)31)19(27)14-17/h6-11,13-14,27H,2-5,12H2,1H3,(H,25,28)(H,30,31). The van der Waals surface area contributed by atoms with Crippen LogP contribution in [-0.2, 0) is 9.59 Å². The van der Waals surface area contributed by atoms with E-state index in [9.17, 15) is 19.5 Å². The number of nitrogens with zero attached hydrogens (tertiary/aromatic N) is 1. The molecule has 3 N–H and O–H groups in total. The van der Waals surface area contributed by atoms with Gasteiger partial charge < -0.3 is 15.5 Å². The van der Waals surface area contributed by atoms with Gasteiger partial charge >= 0.3 is 5.97 Å². The van der Waals surface area contributed by atoms with Crippen LogP contribution in [0.2, 0.25) is 0 Å². The Morgan fingerprint density at radius 3 is 2.52 bits per heavy atom. The summed E-state index contributed by atoms with van der Waals surface area (Å²) in [5.41, 5.74) is 2.22. The predicted molar refractivity (Wildman–Crippen MR) is 133 cm³/mol. The molecule has 0 unspecified atom stereocenters. The Kier molecular flexibility index (Phi) is 8.24. The third kappa shape index (κ3) is 6.66. The summed E-state index contributed by atoms with van der Waals surface area (Å²) in [5.74, 6) is -1.96. The van der Waals surface area contributed by atoms with E-state index in [0.29, 0.717) is 34.3 Å². The third-order valence-corrected chi connectivity index (χ3v) is 6.42. The van der Waals surface area contributed by atoms with Crippen molar-refractivity contribution in [3.05, 3.63) is 64.1 Å². The monoisotopic (exact) mass is 484 g/mol. The van der Waals surface area contributed by atoms with E-state index in [1.54, 1.807) is 4.90 Å². The van der Waals surface area contributed by atoms with E-state index in [2.05, 4.69) is 5.32 Å². The van der Waals surface area contributed by atoms with Gasteiger partial charge in [-0.05, 0) is 43.5 Å². The number of unbranched alkanes of at least 4 members (excludes halogenated alkanes) is 2. The van der Waals surface area contributed by atoms with E-state index in [1.165, 1.54) is 30.0 Å². The van der Waals surface area contributed by atoms with Crippen LogP contribution in [0, 0.1) is 6.92 Å². The van der Waals surface area contributed by atoms with Gasteiger partial charge in [0.2, 0.25) is 5.91 Å². The van der Waals surface area contributed by atoms with E-state index in [4.69, 9.17) is 17.3 Å². The number of amides is 2. The number of aromatic carboxylic acids is 1. The van der Waals surface area contributed by atoms with Gasteiger partial charge in [0.25, 0.3) is 5.91 Å². The van der Waals surface area contributed by atoms with Gasteiger partial charge in [0.15, 0.2) is 0 Å². The topological polar surface area (TPSA) is 107 Å². The first-order valence-electron chi connectivity index (χ1n) is 10.4. The lowest BCUT2D eigenvalue weighted by Crippen LogP contribution is -2.29. The predicted octanol–water partition coefficient (Wildman–Crippen LogP) is 4.80. The third-order valence-electron chi connectivity index (χ3n) is 5.05. The maximum atomic E-state index is 12.7. The molecule has 0 aliphatic carbocycles. The highest BCUT2D eigenvalue weighted by atomic mass is 32.2. The number of hydrogen-bond acceptors (Lipinski definition) is 6. The number of benzene rings is 2. The number of carboxylic acid groups (broad SMARTS) is 1. The Morgan fingerprint density at radius 2 is 1.85 bits per heavy atom. The molecule has 2 aromatic carbocycles. The maximum absolute atomic E-state index is 12.7. The number of anilines is 1. The number of phenols is 1. The quantitative estimate of drug-likeness (QED) is 0.267. The number of thiocarbonyl (C=S) groups is 1. The highest BCUT2D eigenvalue weighted by Crippen LogP contribution is 2.32. The van der Waals surface area contributed by atoms with Crippen LogP contribution in [0.25, 0.3) is 6.08 Å².